The summed E-state index contributed by atoms with van der Waals surface area (Å²) in [4.78, 5) is 15.2. The molecule has 3 N–H and O–H groups in total. The number of aryl methyl sites for hydroxylation is 3. The van der Waals surface area contributed by atoms with Crippen LogP contribution in [0.3, 0.4) is 0 Å². The van der Waals surface area contributed by atoms with E-state index in [0.717, 1.165) is 39.7 Å². The number of aromatic amines is 1. The first-order valence-corrected chi connectivity index (χ1v) is 13.9. The average Bonchev–Trinajstić information content (AvgIpc) is 3.20. The number of para-hydroxylation sites is 1. The van der Waals surface area contributed by atoms with Crippen LogP contribution in [0.1, 0.15) is 54.6 Å². The van der Waals surface area contributed by atoms with Crippen molar-refractivity contribution in [3.05, 3.63) is 40.8 Å². The molecule has 0 atom stereocenters. The summed E-state index contributed by atoms with van der Waals surface area (Å²) in [5, 5.41) is 25.2. The molecule has 0 saturated heterocycles. The predicted molar refractivity (Wildman–Crippen MR) is 130 cm³/mol. The van der Waals surface area contributed by atoms with Gasteiger partial charge in [0.1, 0.15) is 5.69 Å². The van der Waals surface area contributed by atoms with Crippen molar-refractivity contribution in [3.63, 3.8) is 0 Å². The van der Waals surface area contributed by atoms with E-state index in [1.807, 2.05) is 25.1 Å². The number of rotatable bonds is 8. The second-order valence-electron chi connectivity index (χ2n) is 9.91. The molecule has 0 bridgehead atoms. The maximum absolute atomic E-state index is 12.0. The van der Waals surface area contributed by atoms with E-state index in [-0.39, 0.29) is 17.3 Å². The van der Waals surface area contributed by atoms with E-state index in [9.17, 15) is 15.0 Å². The molecule has 0 aliphatic carbocycles. The molecular weight excluding hydrogens is 422 g/mol. The van der Waals surface area contributed by atoms with Crippen LogP contribution in [0.15, 0.2) is 18.2 Å². The lowest BCUT2D eigenvalue weighted by molar-refractivity contribution is 0.0690. The SMILES string of the molecule is Cc1nn(C)c(CO)c1-c1cccc2c(CCCO[Si](C)(C)C(C)(C)C)c(C(=O)O)[nH]c12. The predicted octanol–water partition coefficient (Wildman–Crippen LogP) is 5.02. The van der Waals surface area contributed by atoms with Gasteiger partial charge in [-0.2, -0.15) is 5.10 Å². The van der Waals surface area contributed by atoms with E-state index in [2.05, 4.69) is 43.9 Å². The standard InChI is InChI=1S/C24H35N3O4Si/c1-15-20(19(14-28)27(5)26-15)18-11-8-10-16-17(22(23(29)30)25-21(16)18)12-9-13-31-32(6,7)24(2,3)4/h8,10-11,25,28H,9,12-14H2,1-7H3,(H,29,30). The zero-order valence-corrected chi connectivity index (χ0v) is 21.2. The molecule has 2 heterocycles. The maximum Gasteiger partial charge on any atom is 0.352 e. The molecule has 0 radical (unpaired) electrons. The fraction of sp³-hybridized carbons (Fsp3) is 0.500. The van der Waals surface area contributed by atoms with Gasteiger partial charge >= 0.3 is 5.97 Å². The summed E-state index contributed by atoms with van der Waals surface area (Å²) < 4.78 is 7.96. The number of H-pyrrole nitrogens is 1. The van der Waals surface area contributed by atoms with Crippen molar-refractivity contribution in [2.45, 2.75) is 65.3 Å². The van der Waals surface area contributed by atoms with Crippen LogP contribution < -0.4 is 0 Å². The minimum absolute atomic E-state index is 0.140. The molecule has 0 saturated carbocycles. The summed E-state index contributed by atoms with van der Waals surface area (Å²) in [6, 6.07) is 5.83. The molecule has 32 heavy (non-hydrogen) atoms. The average molecular weight is 458 g/mol. The Hall–Kier alpha value is -2.42. The first kappa shape index (κ1) is 24.2. The van der Waals surface area contributed by atoms with E-state index < -0.39 is 14.3 Å². The van der Waals surface area contributed by atoms with Crippen LogP contribution in [0.5, 0.6) is 0 Å². The topological polar surface area (TPSA) is 100 Å². The molecule has 0 amide bonds. The maximum atomic E-state index is 12.0. The summed E-state index contributed by atoms with van der Waals surface area (Å²) in [7, 11) is -0.0417. The third-order valence-corrected chi connectivity index (χ3v) is 11.3. The van der Waals surface area contributed by atoms with Gasteiger partial charge in [-0.3, -0.25) is 4.68 Å². The highest BCUT2D eigenvalue weighted by Crippen LogP contribution is 2.38. The summed E-state index contributed by atoms with van der Waals surface area (Å²) >= 11 is 0. The van der Waals surface area contributed by atoms with Crippen molar-refractivity contribution in [2.24, 2.45) is 7.05 Å². The highest BCUT2D eigenvalue weighted by molar-refractivity contribution is 6.74. The van der Waals surface area contributed by atoms with Gasteiger partial charge in [0.2, 0.25) is 0 Å². The first-order valence-electron chi connectivity index (χ1n) is 11.0. The number of aliphatic hydroxyl groups is 1. The molecule has 3 aromatic rings. The van der Waals surface area contributed by atoms with Gasteiger partial charge in [-0.05, 0) is 43.5 Å². The number of nitrogens with one attached hydrogen (secondary N) is 1. The van der Waals surface area contributed by atoms with Crippen molar-refractivity contribution in [1.82, 2.24) is 14.8 Å². The molecule has 3 rings (SSSR count). The Labute approximate surface area is 190 Å². The molecular formula is C24H35N3O4Si. The summed E-state index contributed by atoms with van der Waals surface area (Å²) in [6.07, 6.45) is 1.36. The Bertz CT molecular complexity index is 1140. The Morgan fingerprint density at radius 2 is 1.97 bits per heavy atom. The minimum atomic E-state index is -1.84. The highest BCUT2D eigenvalue weighted by atomic mass is 28.4. The Kier molecular flexibility index (Phi) is 6.69. The quantitative estimate of drug-likeness (QED) is 0.326. The molecule has 2 aromatic heterocycles. The molecule has 0 spiro atoms. The summed E-state index contributed by atoms with van der Waals surface area (Å²) in [5.41, 5.74) is 4.95. The van der Waals surface area contributed by atoms with E-state index in [0.29, 0.717) is 18.7 Å². The van der Waals surface area contributed by atoms with Crippen molar-refractivity contribution in [1.29, 1.82) is 0 Å². The number of aliphatic hydroxyl groups excluding tert-OH is 1. The van der Waals surface area contributed by atoms with Crippen molar-refractivity contribution < 1.29 is 19.4 Å². The van der Waals surface area contributed by atoms with E-state index in [1.165, 1.54) is 0 Å². The molecule has 7 nitrogen and oxygen atoms in total. The number of nitrogens with zero attached hydrogens (tertiary/aromatic N) is 2. The van der Waals surface area contributed by atoms with Crippen molar-refractivity contribution in [2.75, 3.05) is 6.61 Å². The number of aromatic nitrogens is 3. The van der Waals surface area contributed by atoms with E-state index >= 15 is 0 Å². The molecule has 0 aliphatic heterocycles. The molecule has 8 heteroatoms. The number of carbonyl (C=O) groups is 1. The van der Waals surface area contributed by atoms with Crippen LogP contribution in [0.25, 0.3) is 22.0 Å². The van der Waals surface area contributed by atoms with E-state index in [1.54, 1.807) is 11.7 Å². The third kappa shape index (κ3) is 4.39. The van der Waals surface area contributed by atoms with Gasteiger partial charge in [0.05, 0.1) is 23.5 Å². The Morgan fingerprint density at radius 1 is 1.28 bits per heavy atom. The first-order chi connectivity index (χ1) is 14.9. The number of fused-ring (bicyclic) bond motifs is 1. The molecule has 0 fully saturated rings. The lowest BCUT2D eigenvalue weighted by atomic mass is 9.98. The summed E-state index contributed by atoms with van der Waals surface area (Å²) in [5.74, 6) is -0.974. The zero-order chi connectivity index (χ0) is 23.8. The normalized spacial score (nSPS) is 12.6. The number of benzene rings is 1. The van der Waals surface area contributed by atoms with Gasteiger partial charge in [0, 0.05) is 30.2 Å². The molecule has 174 valence electrons. The molecule has 0 unspecified atom stereocenters. The van der Waals surface area contributed by atoms with Gasteiger partial charge in [0.25, 0.3) is 0 Å². The van der Waals surface area contributed by atoms with Crippen LogP contribution in [-0.4, -0.2) is 45.9 Å². The number of aromatic carboxylic acids is 1. The van der Waals surface area contributed by atoms with Crippen LogP contribution in [-0.2, 0) is 24.5 Å². The Morgan fingerprint density at radius 3 is 2.56 bits per heavy atom. The highest BCUT2D eigenvalue weighted by Gasteiger charge is 2.36. The molecule has 1 aromatic carbocycles. The van der Waals surface area contributed by atoms with Gasteiger partial charge in [-0.1, -0.05) is 39.0 Å². The monoisotopic (exact) mass is 457 g/mol. The molecule has 0 aliphatic rings. The van der Waals surface area contributed by atoms with Gasteiger partial charge in [-0.15, -0.1) is 0 Å². The number of hydrogen-bond acceptors (Lipinski definition) is 4. The second kappa shape index (κ2) is 8.84. The van der Waals surface area contributed by atoms with E-state index in [4.69, 9.17) is 4.43 Å². The smallest absolute Gasteiger partial charge is 0.352 e. The fourth-order valence-corrected chi connectivity index (χ4v) is 5.04. The van der Waals surface area contributed by atoms with Gasteiger partial charge in [0.15, 0.2) is 8.32 Å². The number of carboxylic acid groups (broad SMARTS) is 1. The lowest BCUT2D eigenvalue weighted by Gasteiger charge is -2.36. The fourth-order valence-electron chi connectivity index (χ4n) is 3.95. The second-order valence-corrected chi connectivity index (χ2v) is 14.7. The Balaban J connectivity index is 1.98. The zero-order valence-electron chi connectivity index (χ0n) is 20.2. The number of hydrogen-bond donors (Lipinski definition) is 3. The number of carboxylic acids is 1. The minimum Gasteiger partial charge on any atom is -0.477 e. The van der Waals surface area contributed by atoms with Crippen LogP contribution >= 0.6 is 0 Å². The lowest BCUT2D eigenvalue weighted by Crippen LogP contribution is -2.41. The van der Waals surface area contributed by atoms with Gasteiger partial charge < -0.3 is 19.6 Å². The van der Waals surface area contributed by atoms with Crippen LogP contribution in [0.4, 0.5) is 0 Å². The summed E-state index contributed by atoms with van der Waals surface area (Å²) in [6.45, 7) is 13.4. The largest absolute Gasteiger partial charge is 0.477 e. The van der Waals surface area contributed by atoms with Crippen LogP contribution in [0, 0.1) is 6.92 Å². The van der Waals surface area contributed by atoms with Crippen molar-refractivity contribution >= 4 is 25.2 Å². The van der Waals surface area contributed by atoms with Crippen molar-refractivity contribution in [3.8, 4) is 11.1 Å². The third-order valence-electron chi connectivity index (χ3n) is 6.76. The van der Waals surface area contributed by atoms with Crippen LogP contribution in [0.2, 0.25) is 18.1 Å². The van der Waals surface area contributed by atoms with Gasteiger partial charge in [-0.25, -0.2) is 4.79 Å².